The minimum atomic E-state index is 0.728. The largest absolute Gasteiger partial charge is 0.395 e. The van der Waals surface area contributed by atoms with Crippen molar-refractivity contribution in [3.8, 4) is 10.6 Å². The Labute approximate surface area is 91.1 Å². The molecule has 2 N–H and O–H groups in total. The number of hydrogen-bond donors (Lipinski definition) is 1. The van der Waals surface area contributed by atoms with Gasteiger partial charge in [0.15, 0.2) is 0 Å². The monoisotopic (exact) mass is 227 g/mol. The molecule has 0 amide bonds. The highest BCUT2D eigenvalue weighted by Crippen LogP contribution is 2.35. The highest BCUT2D eigenvalue weighted by atomic mass is 35.5. The Balaban J connectivity index is 2.61. The number of thiophene rings is 1. The van der Waals surface area contributed by atoms with Crippen LogP contribution in [0.25, 0.3) is 10.6 Å². The number of nitrogen functional groups attached to an aromatic ring is 1. The zero-order valence-electron chi connectivity index (χ0n) is 7.91. The zero-order chi connectivity index (χ0) is 10.3. The molecule has 0 atom stereocenters. The van der Waals surface area contributed by atoms with E-state index in [2.05, 4.69) is 5.10 Å². The van der Waals surface area contributed by atoms with E-state index in [1.807, 2.05) is 26.1 Å². The van der Waals surface area contributed by atoms with Crippen LogP contribution in [-0.4, -0.2) is 9.78 Å². The molecule has 2 aromatic heterocycles. The molecule has 0 saturated heterocycles. The van der Waals surface area contributed by atoms with Crippen molar-refractivity contribution in [3.63, 3.8) is 0 Å². The second kappa shape index (κ2) is 3.29. The SMILES string of the molecule is Cc1nn(C)c(-c2ccc(Cl)s2)c1N. The second-order valence-electron chi connectivity index (χ2n) is 3.08. The van der Waals surface area contributed by atoms with Crippen molar-refractivity contribution < 1.29 is 0 Å². The third-order valence-corrected chi connectivity index (χ3v) is 3.31. The molecule has 0 radical (unpaired) electrons. The quantitative estimate of drug-likeness (QED) is 0.814. The smallest absolute Gasteiger partial charge is 0.101 e. The summed E-state index contributed by atoms with van der Waals surface area (Å²) in [6.07, 6.45) is 0. The van der Waals surface area contributed by atoms with Crippen molar-refractivity contribution in [2.75, 3.05) is 5.73 Å². The van der Waals surface area contributed by atoms with Gasteiger partial charge >= 0.3 is 0 Å². The third kappa shape index (κ3) is 1.40. The second-order valence-corrected chi connectivity index (χ2v) is 4.79. The summed E-state index contributed by atoms with van der Waals surface area (Å²) >= 11 is 7.38. The molecular weight excluding hydrogens is 218 g/mol. The summed E-state index contributed by atoms with van der Waals surface area (Å²) in [5.74, 6) is 0. The lowest BCUT2D eigenvalue weighted by Crippen LogP contribution is -1.93. The third-order valence-electron chi connectivity index (χ3n) is 2.08. The fraction of sp³-hybridized carbons (Fsp3) is 0.222. The maximum absolute atomic E-state index is 5.92. The molecule has 0 aliphatic heterocycles. The van der Waals surface area contributed by atoms with E-state index in [0.717, 1.165) is 26.3 Å². The molecule has 2 heterocycles. The first-order valence-electron chi connectivity index (χ1n) is 4.14. The molecule has 0 aliphatic rings. The van der Waals surface area contributed by atoms with Crippen molar-refractivity contribution >= 4 is 28.6 Å². The number of nitrogens with zero attached hydrogens (tertiary/aromatic N) is 2. The molecule has 2 aromatic rings. The number of anilines is 1. The Morgan fingerprint density at radius 2 is 2.21 bits per heavy atom. The fourth-order valence-electron chi connectivity index (χ4n) is 1.41. The van der Waals surface area contributed by atoms with E-state index < -0.39 is 0 Å². The van der Waals surface area contributed by atoms with Gasteiger partial charge in [0.25, 0.3) is 0 Å². The van der Waals surface area contributed by atoms with Crippen LogP contribution >= 0.6 is 22.9 Å². The topological polar surface area (TPSA) is 43.8 Å². The van der Waals surface area contributed by atoms with Crippen LogP contribution in [0.4, 0.5) is 5.69 Å². The van der Waals surface area contributed by atoms with Gasteiger partial charge in [0, 0.05) is 7.05 Å². The first-order valence-corrected chi connectivity index (χ1v) is 5.34. The lowest BCUT2D eigenvalue weighted by Gasteiger charge is -1.98. The maximum atomic E-state index is 5.92. The van der Waals surface area contributed by atoms with E-state index in [9.17, 15) is 0 Å². The first-order chi connectivity index (χ1) is 6.59. The molecule has 0 aromatic carbocycles. The summed E-state index contributed by atoms with van der Waals surface area (Å²) in [7, 11) is 1.88. The fourth-order valence-corrected chi connectivity index (χ4v) is 2.54. The van der Waals surface area contributed by atoms with Crippen LogP contribution in [0.2, 0.25) is 4.34 Å². The minimum Gasteiger partial charge on any atom is -0.395 e. The molecule has 2 rings (SSSR count). The number of hydrogen-bond acceptors (Lipinski definition) is 3. The highest BCUT2D eigenvalue weighted by molar-refractivity contribution is 7.19. The average Bonchev–Trinajstić information content (AvgIpc) is 2.60. The number of aromatic nitrogens is 2. The highest BCUT2D eigenvalue weighted by Gasteiger charge is 2.13. The van der Waals surface area contributed by atoms with Crippen molar-refractivity contribution in [1.29, 1.82) is 0 Å². The van der Waals surface area contributed by atoms with Gasteiger partial charge in [0.05, 0.1) is 20.6 Å². The lowest BCUT2D eigenvalue weighted by atomic mass is 10.2. The van der Waals surface area contributed by atoms with Crippen LogP contribution in [0.3, 0.4) is 0 Å². The van der Waals surface area contributed by atoms with E-state index in [1.165, 1.54) is 11.3 Å². The van der Waals surface area contributed by atoms with Gasteiger partial charge < -0.3 is 5.73 Å². The molecule has 0 bridgehead atoms. The molecule has 0 spiro atoms. The molecule has 5 heteroatoms. The number of rotatable bonds is 1. The van der Waals surface area contributed by atoms with Gasteiger partial charge in [-0.3, -0.25) is 4.68 Å². The Morgan fingerprint density at radius 3 is 2.64 bits per heavy atom. The zero-order valence-corrected chi connectivity index (χ0v) is 9.49. The normalized spacial score (nSPS) is 10.8. The summed E-state index contributed by atoms with van der Waals surface area (Å²) in [6.45, 7) is 1.90. The first kappa shape index (κ1) is 9.55. The van der Waals surface area contributed by atoms with E-state index >= 15 is 0 Å². The van der Waals surface area contributed by atoms with Gasteiger partial charge in [-0.25, -0.2) is 0 Å². The van der Waals surface area contributed by atoms with Crippen molar-refractivity contribution in [3.05, 3.63) is 22.2 Å². The van der Waals surface area contributed by atoms with Crippen LogP contribution in [0.15, 0.2) is 12.1 Å². The predicted molar refractivity (Wildman–Crippen MR) is 60.7 cm³/mol. The van der Waals surface area contributed by atoms with E-state index in [-0.39, 0.29) is 0 Å². The van der Waals surface area contributed by atoms with Crippen LogP contribution in [0.1, 0.15) is 5.69 Å². The molecule has 0 aliphatic carbocycles. The summed E-state index contributed by atoms with van der Waals surface area (Å²) in [6, 6.07) is 3.82. The van der Waals surface area contributed by atoms with E-state index in [1.54, 1.807) is 4.68 Å². The molecule has 0 saturated carbocycles. The number of aryl methyl sites for hydroxylation is 2. The minimum absolute atomic E-state index is 0.728. The summed E-state index contributed by atoms with van der Waals surface area (Å²) < 4.78 is 2.55. The lowest BCUT2D eigenvalue weighted by molar-refractivity contribution is 0.765. The van der Waals surface area contributed by atoms with Gasteiger partial charge in [-0.15, -0.1) is 11.3 Å². The standard InChI is InChI=1S/C9H10ClN3S/c1-5-8(11)9(13(2)12-5)6-3-4-7(10)14-6/h3-4H,11H2,1-2H3. The van der Waals surface area contributed by atoms with Gasteiger partial charge in [0.1, 0.15) is 5.69 Å². The van der Waals surface area contributed by atoms with Crippen LogP contribution in [0, 0.1) is 6.92 Å². The molecule has 0 fully saturated rings. The Morgan fingerprint density at radius 1 is 1.50 bits per heavy atom. The van der Waals surface area contributed by atoms with Crippen molar-refractivity contribution in [2.45, 2.75) is 6.92 Å². The summed E-state index contributed by atoms with van der Waals surface area (Å²) in [4.78, 5) is 1.05. The van der Waals surface area contributed by atoms with Gasteiger partial charge in [-0.05, 0) is 19.1 Å². The summed E-state index contributed by atoms with van der Waals surface area (Å²) in [5.41, 5.74) is 8.45. The van der Waals surface area contributed by atoms with Crippen LogP contribution in [0.5, 0.6) is 0 Å². The Kier molecular flexibility index (Phi) is 2.25. The summed E-state index contributed by atoms with van der Waals surface area (Å²) in [5, 5.41) is 4.25. The average molecular weight is 228 g/mol. The Hall–Kier alpha value is -1.00. The van der Waals surface area contributed by atoms with Gasteiger partial charge in [-0.1, -0.05) is 11.6 Å². The van der Waals surface area contributed by atoms with E-state index in [0.29, 0.717) is 0 Å². The van der Waals surface area contributed by atoms with Gasteiger partial charge in [-0.2, -0.15) is 5.10 Å². The van der Waals surface area contributed by atoms with Crippen molar-refractivity contribution in [2.24, 2.45) is 7.05 Å². The molecule has 74 valence electrons. The molecule has 3 nitrogen and oxygen atoms in total. The molecule has 0 unspecified atom stereocenters. The number of halogens is 1. The Bertz CT molecular complexity index is 472. The van der Waals surface area contributed by atoms with Crippen LogP contribution in [-0.2, 0) is 7.05 Å². The molecular formula is C9H10ClN3S. The van der Waals surface area contributed by atoms with E-state index in [4.69, 9.17) is 17.3 Å². The van der Waals surface area contributed by atoms with Crippen LogP contribution < -0.4 is 5.73 Å². The molecule has 14 heavy (non-hydrogen) atoms. The van der Waals surface area contributed by atoms with Gasteiger partial charge in [0.2, 0.25) is 0 Å². The van der Waals surface area contributed by atoms with Crippen molar-refractivity contribution in [1.82, 2.24) is 9.78 Å². The predicted octanol–water partition coefficient (Wildman–Crippen LogP) is 2.69. The maximum Gasteiger partial charge on any atom is 0.101 e. The number of nitrogens with two attached hydrogens (primary N) is 1.